The van der Waals surface area contributed by atoms with Crippen LogP contribution < -0.4 is 10.0 Å². The molecule has 118 valence electrons. The lowest BCUT2D eigenvalue weighted by atomic mass is 9.97. The molecule has 0 amide bonds. The van der Waals surface area contributed by atoms with Gasteiger partial charge in [0, 0.05) is 13.2 Å². The van der Waals surface area contributed by atoms with Crippen LogP contribution in [0.3, 0.4) is 0 Å². The molecule has 0 spiro atoms. The van der Waals surface area contributed by atoms with E-state index in [0.29, 0.717) is 31.7 Å². The molecule has 7 heteroatoms. The molecule has 1 unspecified atom stereocenters. The summed E-state index contributed by atoms with van der Waals surface area (Å²) in [6.45, 7) is 3.18. The average Bonchev–Trinajstić information content (AvgIpc) is 2.38. The zero-order valence-electron chi connectivity index (χ0n) is 12.3. The highest BCUT2D eigenvalue weighted by Crippen LogP contribution is 2.23. The molecule has 1 aliphatic rings. The van der Waals surface area contributed by atoms with Gasteiger partial charge in [-0.2, -0.15) is 0 Å². The van der Waals surface area contributed by atoms with E-state index in [2.05, 4.69) is 10.0 Å². The van der Waals surface area contributed by atoms with Gasteiger partial charge in [0.1, 0.15) is 10.7 Å². The van der Waals surface area contributed by atoms with Crippen LogP contribution in [-0.4, -0.2) is 34.2 Å². The van der Waals surface area contributed by atoms with Crippen LogP contribution >= 0.6 is 0 Å². The number of rotatable bonds is 5. The van der Waals surface area contributed by atoms with Crippen LogP contribution in [0.25, 0.3) is 0 Å². The lowest BCUT2D eigenvalue weighted by molar-refractivity contribution is 0.0386. The number of hydrogen-bond donors (Lipinski definition) is 2. The third-order valence-corrected chi connectivity index (χ3v) is 5.16. The molecule has 1 atom stereocenters. The van der Waals surface area contributed by atoms with E-state index in [0.717, 1.165) is 6.42 Å². The van der Waals surface area contributed by atoms with E-state index in [9.17, 15) is 12.8 Å². The zero-order valence-corrected chi connectivity index (χ0v) is 13.1. The molecule has 1 aromatic carbocycles. The maximum absolute atomic E-state index is 14.1. The maximum atomic E-state index is 14.1. The summed E-state index contributed by atoms with van der Waals surface area (Å²) in [6.07, 6.45) is 1.45. The summed E-state index contributed by atoms with van der Waals surface area (Å²) in [5.41, 5.74) is 0.00819. The molecule has 21 heavy (non-hydrogen) atoms. The second-order valence-electron chi connectivity index (χ2n) is 5.62. The molecule has 0 radical (unpaired) electrons. The van der Waals surface area contributed by atoms with Gasteiger partial charge in [0.2, 0.25) is 10.0 Å². The van der Waals surface area contributed by atoms with Crippen molar-refractivity contribution in [1.82, 2.24) is 10.0 Å². The Hall–Kier alpha value is -1.02. The van der Waals surface area contributed by atoms with E-state index in [1.807, 2.05) is 0 Å². The fourth-order valence-electron chi connectivity index (χ4n) is 2.47. The molecule has 0 bridgehead atoms. The van der Waals surface area contributed by atoms with Crippen molar-refractivity contribution < 1.29 is 17.5 Å². The van der Waals surface area contributed by atoms with Gasteiger partial charge >= 0.3 is 0 Å². The van der Waals surface area contributed by atoms with Crippen molar-refractivity contribution in [3.05, 3.63) is 29.6 Å². The number of sulfonamides is 1. The summed E-state index contributed by atoms with van der Waals surface area (Å²) < 4.78 is 46.7. The molecular weight excluding hydrogens is 295 g/mol. The van der Waals surface area contributed by atoms with Gasteiger partial charge in [-0.15, -0.1) is 0 Å². The van der Waals surface area contributed by atoms with Crippen molar-refractivity contribution in [2.24, 2.45) is 0 Å². The minimum absolute atomic E-state index is 0.297. The molecule has 1 aromatic rings. The second kappa shape index (κ2) is 6.39. The molecule has 0 aliphatic carbocycles. The minimum atomic E-state index is -3.91. The van der Waals surface area contributed by atoms with E-state index >= 15 is 0 Å². The van der Waals surface area contributed by atoms with Crippen molar-refractivity contribution in [2.45, 2.75) is 36.7 Å². The molecule has 0 aromatic heterocycles. The van der Waals surface area contributed by atoms with E-state index < -0.39 is 21.4 Å². The first-order valence-corrected chi connectivity index (χ1v) is 8.39. The SMILES string of the molecule is CNCc1ccc(S(=O)(=O)NC2(C)CCCOC2)c(F)c1. The Morgan fingerprint density at radius 2 is 2.19 bits per heavy atom. The van der Waals surface area contributed by atoms with Crippen LogP contribution in [0.4, 0.5) is 4.39 Å². The third kappa shape index (κ3) is 4.00. The molecule has 1 saturated heterocycles. The molecule has 1 heterocycles. The van der Waals surface area contributed by atoms with Crippen LogP contribution in [0, 0.1) is 5.82 Å². The van der Waals surface area contributed by atoms with E-state index in [1.54, 1.807) is 20.0 Å². The van der Waals surface area contributed by atoms with E-state index in [-0.39, 0.29) is 4.90 Å². The van der Waals surface area contributed by atoms with Crippen molar-refractivity contribution in [1.29, 1.82) is 0 Å². The summed E-state index contributed by atoms with van der Waals surface area (Å²) in [5.74, 6) is -0.740. The Labute approximate surface area is 124 Å². The number of nitrogens with one attached hydrogen (secondary N) is 2. The van der Waals surface area contributed by atoms with Crippen LogP contribution in [0.1, 0.15) is 25.3 Å². The quantitative estimate of drug-likeness (QED) is 0.861. The lowest BCUT2D eigenvalue weighted by Gasteiger charge is -2.33. The summed E-state index contributed by atoms with van der Waals surface area (Å²) in [5, 5.41) is 2.89. The second-order valence-corrected chi connectivity index (χ2v) is 7.27. The van der Waals surface area contributed by atoms with Crippen molar-refractivity contribution in [2.75, 3.05) is 20.3 Å². The van der Waals surface area contributed by atoms with Crippen molar-refractivity contribution in [3.63, 3.8) is 0 Å². The van der Waals surface area contributed by atoms with Gasteiger partial charge in [-0.1, -0.05) is 6.07 Å². The predicted molar refractivity (Wildman–Crippen MR) is 77.9 cm³/mol. The van der Waals surface area contributed by atoms with Gasteiger partial charge in [0.15, 0.2) is 0 Å². The Morgan fingerprint density at radius 1 is 1.43 bits per heavy atom. The topological polar surface area (TPSA) is 67.4 Å². The van der Waals surface area contributed by atoms with Crippen molar-refractivity contribution in [3.8, 4) is 0 Å². The van der Waals surface area contributed by atoms with Gasteiger partial charge in [-0.05, 0) is 44.5 Å². The Morgan fingerprint density at radius 3 is 2.76 bits per heavy atom. The first kappa shape index (κ1) is 16.4. The van der Waals surface area contributed by atoms with Crippen LogP contribution in [0.15, 0.2) is 23.1 Å². The van der Waals surface area contributed by atoms with Crippen LogP contribution in [0.2, 0.25) is 0 Å². The van der Waals surface area contributed by atoms with Gasteiger partial charge < -0.3 is 10.1 Å². The predicted octanol–water partition coefficient (Wildman–Crippen LogP) is 1.39. The fourth-order valence-corrected chi connectivity index (χ4v) is 3.95. The first-order chi connectivity index (χ1) is 9.86. The van der Waals surface area contributed by atoms with Crippen molar-refractivity contribution >= 4 is 10.0 Å². The highest BCUT2D eigenvalue weighted by molar-refractivity contribution is 7.89. The largest absolute Gasteiger partial charge is 0.380 e. The summed E-state index contributed by atoms with van der Waals surface area (Å²) in [4.78, 5) is -0.325. The molecule has 0 saturated carbocycles. The monoisotopic (exact) mass is 316 g/mol. The molecular formula is C14H21FN2O3S. The van der Waals surface area contributed by atoms with E-state index in [4.69, 9.17) is 4.74 Å². The highest BCUT2D eigenvalue weighted by Gasteiger charge is 2.34. The standard InChI is InChI=1S/C14H21FN2O3S/c1-14(6-3-7-20-10-14)17-21(18,19)13-5-4-11(9-16-2)8-12(13)15/h4-5,8,16-17H,3,6-7,9-10H2,1-2H3. The number of ether oxygens (including phenoxy) is 1. The Kier molecular flexibility index (Phi) is 4.98. The molecule has 5 nitrogen and oxygen atoms in total. The molecule has 2 N–H and O–H groups in total. The molecule has 1 fully saturated rings. The lowest BCUT2D eigenvalue weighted by Crippen LogP contribution is -2.51. The first-order valence-electron chi connectivity index (χ1n) is 6.91. The number of halogens is 1. The van der Waals surface area contributed by atoms with Crippen LogP contribution in [-0.2, 0) is 21.3 Å². The van der Waals surface area contributed by atoms with Crippen LogP contribution in [0.5, 0.6) is 0 Å². The van der Waals surface area contributed by atoms with Gasteiger partial charge in [0.25, 0.3) is 0 Å². The van der Waals surface area contributed by atoms with Gasteiger partial charge in [-0.25, -0.2) is 17.5 Å². The summed E-state index contributed by atoms with van der Waals surface area (Å²) in [6, 6.07) is 4.15. The molecule has 2 rings (SSSR count). The minimum Gasteiger partial charge on any atom is -0.380 e. The smallest absolute Gasteiger partial charge is 0.244 e. The Balaban J connectivity index is 2.23. The average molecular weight is 316 g/mol. The number of hydrogen-bond acceptors (Lipinski definition) is 4. The fraction of sp³-hybridized carbons (Fsp3) is 0.571. The Bertz CT molecular complexity index is 598. The summed E-state index contributed by atoms with van der Waals surface area (Å²) >= 11 is 0. The highest BCUT2D eigenvalue weighted by atomic mass is 32.2. The normalized spacial score (nSPS) is 23.2. The van der Waals surface area contributed by atoms with Gasteiger partial charge in [-0.3, -0.25) is 0 Å². The third-order valence-electron chi connectivity index (χ3n) is 3.49. The molecule has 1 aliphatic heterocycles. The maximum Gasteiger partial charge on any atom is 0.244 e. The number of benzene rings is 1. The van der Waals surface area contributed by atoms with Gasteiger partial charge in [0.05, 0.1) is 12.1 Å². The zero-order chi connectivity index (χ0) is 15.5. The summed E-state index contributed by atoms with van der Waals surface area (Å²) in [7, 11) is -2.16. The van der Waals surface area contributed by atoms with E-state index in [1.165, 1.54) is 12.1 Å².